The number of ether oxygens (including phenoxy) is 6. The highest BCUT2D eigenvalue weighted by atomic mass is 33.7. The maximum absolute atomic E-state index is 5.45. The largest absolute Gasteiger partial charge is 0.370 e. The van der Waals surface area contributed by atoms with Crippen molar-refractivity contribution in [3.63, 3.8) is 0 Å². The summed E-state index contributed by atoms with van der Waals surface area (Å²) in [6.45, 7) is 0. The average Bonchev–Trinajstić information content (AvgIpc) is 2.62. The van der Waals surface area contributed by atoms with Gasteiger partial charge in [0, 0.05) is 55.5 Å². The number of hydrogen-bond acceptors (Lipinski definition) is 10. The lowest BCUT2D eigenvalue weighted by atomic mass is 10.4. The summed E-state index contributed by atoms with van der Waals surface area (Å²) < 4.78 is 32.0. The summed E-state index contributed by atoms with van der Waals surface area (Å²) in [6, 6.07) is 0. The molecule has 2 atom stereocenters. The van der Waals surface area contributed by atoms with Crippen LogP contribution in [0.3, 0.4) is 0 Å². The Morgan fingerprint density at radius 2 is 0.958 bits per heavy atom. The molecule has 0 heterocycles. The average molecular weight is 449 g/mol. The van der Waals surface area contributed by atoms with Gasteiger partial charge >= 0.3 is 0 Å². The highest BCUT2D eigenvalue weighted by molar-refractivity contribution is 9.26. The minimum Gasteiger partial charge on any atom is -0.370 e. The lowest BCUT2D eigenvalue weighted by Gasteiger charge is -2.30. The normalized spacial score (nSPS) is 15.5. The van der Waals surface area contributed by atoms with Crippen molar-refractivity contribution < 1.29 is 28.4 Å². The third-order valence-corrected chi connectivity index (χ3v) is 11.0. The monoisotopic (exact) mass is 448 g/mol. The van der Waals surface area contributed by atoms with Crippen molar-refractivity contribution in [1.82, 2.24) is 0 Å². The zero-order chi connectivity index (χ0) is 18.6. The van der Waals surface area contributed by atoms with E-state index in [2.05, 4.69) is 20.5 Å². The SMILES string of the molecule is COC(CC([Si])(OC)OC)SSSSC(CC([Si])(OC)OC)OC. The van der Waals surface area contributed by atoms with Gasteiger partial charge in [-0.1, -0.05) is 0 Å². The van der Waals surface area contributed by atoms with E-state index in [0.29, 0.717) is 12.8 Å². The molecule has 0 rings (SSSR count). The summed E-state index contributed by atoms with van der Waals surface area (Å²) in [5.41, 5.74) is -1.91. The number of methoxy groups -OCH3 is 6. The van der Waals surface area contributed by atoms with E-state index in [1.807, 2.05) is 0 Å². The van der Waals surface area contributed by atoms with Crippen molar-refractivity contribution in [2.45, 2.75) is 34.5 Å². The highest BCUT2D eigenvalue weighted by Gasteiger charge is 2.30. The van der Waals surface area contributed by atoms with Crippen LogP contribution in [0.5, 0.6) is 0 Å². The second-order valence-corrected chi connectivity index (χ2v) is 12.0. The molecule has 0 amide bonds. The number of hydrogen-bond donors (Lipinski definition) is 0. The van der Waals surface area contributed by atoms with Gasteiger partial charge in [0.2, 0.25) is 0 Å². The lowest BCUT2D eigenvalue weighted by molar-refractivity contribution is -0.155. The van der Waals surface area contributed by atoms with Crippen LogP contribution >= 0.6 is 41.2 Å². The van der Waals surface area contributed by atoms with Crippen molar-refractivity contribution in [2.75, 3.05) is 42.7 Å². The van der Waals surface area contributed by atoms with Crippen LogP contribution in [0, 0.1) is 0 Å². The molecule has 0 fully saturated rings. The Kier molecular flexibility index (Phi) is 14.6. The van der Waals surface area contributed by atoms with Gasteiger partial charge in [0.15, 0.2) is 0 Å². The molecule has 0 aliphatic rings. The fourth-order valence-electron chi connectivity index (χ4n) is 1.37. The Morgan fingerprint density at radius 3 is 1.17 bits per heavy atom. The molecule has 0 N–H and O–H groups in total. The van der Waals surface area contributed by atoms with E-state index in [4.69, 9.17) is 28.4 Å². The minimum atomic E-state index is -0.854. The van der Waals surface area contributed by atoms with Crippen LogP contribution in [0.15, 0.2) is 0 Å². The van der Waals surface area contributed by atoms with Crippen molar-refractivity contribution in [3.8, 4) is 0 Å². The van der Waals surface area contributed by atoms with E-state index >= 15 is 0 Å². The molecule has 0 bridgehead atoms. The molecular formula is C12H24O6S4Si2. The van der Waals surface area contributed by atoms with Gasteiger partial charge in [-0.05, 0) is 41.2 Å². The second-order valence-electron chi connectivity index (χ2n) is 4.39. The van der Waals surface area contributed by atoms with Gasteiger partial charge < -0.3 is 28.4 Å². The van der Waals surface area contributed by atoms with E-state index in [1.165, 1.54) is 0 Å². The molecule has 140 valence electrons. The van der Waals surface area contributed by atoms with Crippen molar-refractivity contribution >= 4 is 61.7 Å². The zero-order valence-corrected chi connectivity index (χ0v) is 19.9. The molecular weight excluding hydrogens is 425 g/mol. The lowest BCUT2D eigenvalue weighted by Crippen LogP contribution is -2.37. The van der Waals surface area contributed by atoms with E-state index in [0.717, 1.165) is 0 Å². The van der Waals surface area contributed by atoms with E-state index in [-0.39, 0.29) is 10.9 Å². The van der Waals surface area contributed by atoms with Crippen LogP contribution < -0.4 is 0 Å². The first-order valence-electron chi connectivity index (χ1n) is 6.73. The van der Waals surface area contributed by atoms with Gasteiger partial charge in [0.25, 0.3) is 0 Å². The maximum atomic E-state index is 5.45. The molecule has 24 heavy (non-hydrogen) atoms. The van der Waals surface area contributed by atoms with Crippen molar-refractivity contribution in [2.24, 2.45) is 0 Å². The van der Waals surface area contributed by atoms with Gasteiger partial charge in [-0.15, -0.1) is 0 Å². The summed E-state index contributed by atoms with van der Waals surface area (Å²) in [5.74, 6) is 0. The first kappa shape index (κ1) is 25.6. The molecule has 0 saturated carbocycles. The Morgan fingerprint density at radius 1 is 0.667 bits per heavy atom. The maximum Gasteiger partial charge on any atom is 0.146 e. The first-order chi connectivity index (χ1) is 11.3. The highest BCUT2D eigenvalue weighted by Crippen LogP contribution is 2.49. The van der Waals surface area contributed by atoms with Crippen LogP contribution in [0.4, 0.5) is 0 Å². The van der Waals surface area contributed by atoms with Gasteiger partial charge in [-0.25, -0.2) is 0 Å². The molecule has 0 spiro atoms. The molecule has 6 nitrogen and oxygen atoms in total. The fourth-order valence-corrected chi connectivity index (χ4v) is 8.49. The third kappa shape index (κ3) is 10.1. The Balaban J connectivity index is 4.24. The van der Waals surface area contributed by atoms with Gasteiger partial charge in [0.1, 0.15) is 42.2 Å². The van der Waals surface area contributed by atoms with Crippen molar-refractivity contribution in [3.05, 3.63) is 0 Å². The van der Waals surface area contributed by atoms with Crippen molar-refractivity contribution in [1.29, 1.82) is 0 Å². The van der Waals surface area contributed by atoms with Crippen LogP contribution in [0.25, 0.3) is 0 Å². The predicted octanol–water partition coefficient (Wildman–Crippen LogP) is 2.62. The quantitative estimate of drug-likeness (QED) is 0.162. The first-order valence-corrected chi connectivity index (χ1v) is 12.7. The standard InChI is InChI=1S/C12H24O6S4Si2/c1-13-9(7-11(23,15-3)16-4)19-21-22-20-10(14-2)8-12(24,17-5)18-6/h9-10H,7-8H2,1-6H3. The fraction of sp³-hybridized carbons (Fsp3) is 1.00. The molecule has 0 aromatic rings. The number of rotatable bonds is 15. The van der Waals surface area contributed by atoms with E-state index in [9.17, 15) is 0 Å². The van der Waals surface area contributed by atoms with E-state index < -0.39 is 10.8 Å². The summed E-state index contributed by atoms with van der Waals surface area (Å²) >= 11 is 0. The van der Waals surface area contributed by atoms with Gasteiger partial charge in [-0.2, -0.15) is 0 Å². The van der Waals surface area contributed by atoms with Gasteiger partial charge in [-0.3, -0.25) is 0 Å². The predicted molar refractivity (Wildman–Crippen MR) is 106 cm³/mol. The molecule has 0 aliphatic heterocycles. The van der Waals surface area contributed by atoms with Crippen LogP contribution in [-0.2, 0) is 28.4 Å². The Labute approximate surface area is 166 Å². The molecule has 0 aliphatic carbocycles. The Bertz CT molecular complexity index is 294. The molecule has 12 heteroatoms. The molecule has 2 unspecified atom stereocenters. The molecule has 0 aromatic carbocycles. The molecule has 6 radical (unpaired) electrons. The Hall–Kier alpha value is 1.59. The smallest absolute Gasteiger partial charge is 0.146 e. The molecule has 0 saturated heterocycles. The second kappa shape index (κ2) is 13.7. The van der Waals surface area contributed by atoms with Gasteiger partial charge in [0.05, 0.1) is 0 Å². The van der Waals surface area contributed by atoms with Crippen LogP contribution in [-0.4, -0.2) is 84.8 Å². The summed E-state index contributed by atoms with van der Waals surface area (Å²) in [6.07, 6.45) is 1.06. The third-order valence-electron chi connectivity index (χ3n) is 3.04. The summed E-state index contributed by atoms with van der Waals surface area (Å²) in [7, 11) is 22.9. The minimum absolute atomic E-state index is 0.102. The summed E-state index contributed by atoms with van der Waals surface area (Å²) in [5, 5.41) is 0. The summed E-state index contributed by atoms with van der Waals surface area (Å²) in [4.78, 5) is 0. The molecule has 0 aromatic heterocycles. The van der Waals surface area contributed by atoms with E-state index in [1.54, 1.807) is 83.9 Å². The van der Waals surface area contributed by atoms with Crippen LogP contribution in [0.2, 0.25) is 0 Å². The zero-order valence-electron chi connectivity index (χ0n) is 14.7. The topological polar surface area (TPSA) is 55.4 Å². The van der Waals surface area contributed by atoms with Crippen LogP contribution in [0.1, 0.15) is 12.8 Å².